The van der Waals surface area contributed by atoms with Crippen molar-refractivity contribution in [2.45, 2.75) is 20.0 Å². The molecule has 4 amide bonds. The third kappa shape index (κ3) is 5.27. The van der Waals surface area contributed by atoms with Crippen LogP contribution in [0, 0.1) is 0 Å². The average molecular weight is 535 g/mol. The molecule has 0 spiro atoms. The minimum Gasteiger partial charge on any atom is -0.493 e. The summed E-state index contributed by atoms with van der Waals surface area (Å²) >= 11 is 3.49. The van der Waals surface area contributed by atoms with Gasteiger partial charge < -0.3 is 9.47 Å². The van der Waals surface area contributed by atoms with Crippen LogP contribution in [0.3, 0.4) is 0 Å². The average Bonchev–Trinajstić information content (AvgIpc) is 2.87. The number of carbonyl (C=O) groups is 3. The number of rotatable bonds is 7. The second kappa shape index (κ2) is 10.6. The normalized spacial score (nSPS) is 14.8. The highest BCUT2D eigenvalue weighted by atomic mass is 79.9. The Morgan fingerprint density at radius 1 is 0.943 bits per heavy atom. The number of aryl methyl sites for hydroxylation is 1. The summed E-state index contributed by atoms with van der Waals surface area (Å²) < 4.78 is 12.0. The van der Waals surface area contributed by atoms with Crippen LogP contribution in [0.15, 0.2) is 76.8 Å². The first kappa shape index (κ1) is 24.2. The number of nitrogens with one attached hydrogen (secondary N) is 1. The summed E-state index contributed by atoms with van der Waals surface area (Å²) in [6.45, 7) is 2.36. The molecule has 3 aromatic carbocycles. The Hall–Kier alpha value is -3.91. The van der Waals surface area contributed by atoms with Crippen LogP contribution in [0.1, 0.15) is 23.6 Å². The van der Waals surface area contributed by atoms with Crippen molar-refractivity contribution < 1.29 is 23.9 Å². The van der Waals surface area contributed by atoms with E-state index in [4.69, 9.17) is 9.47 Å². The number of urea groups is 1. The molecule has 3 aromatic rings. The third-order valence-corrected chi connectivity index (χ3v) is 6.21. The number of halogens is 1. The molecule has 178 valence electrons. The highest BCUT2D eigenvalue weighted by Crippen LogP contribution is 2.35. The molecule has 1 N–H and O–H groups in total. The molecule has 1 aliphatic rings. The standard InChI is InChI=1S/C27H23BrN2O5/c1-3-17-9-11-20(12-10-17)30-26(32)21(25(31)29-27(30)33)13-19-14-23(34-2)24(15-22(19)28)35-16-18-7-5-4-6-8-18/h4-15H,3,16H2,1-2H3,(H,29,31,33)/b21-13-. The van der Waals surface area contributed by atoms with Crippen LogP contribution in [0.25, 0.3) is 6.08 Å². The van der Waals surface area contributed by atoms with Gasteiger partial charge in [0.1, 0.15) is 12.2 Å². The van der Waals surface area contributed by atoms with Crippen LogP contribution < -0.4 is 19.7 Å². The molecule has 7 nitrogen and oxygen atoms in total. The summed E-state index contributed by atoms with van der Waals surface area (Å²) in [6, 6.07) is 19.3. The maximum atomic E-state index is 13.2. The summed E-state index contributed by atoms with van der Waals surface area (Å²) in [7, 11) is 1.51. The van der Waals surface area contributed by atoms with Gasteiger partial charge in [0.15, 0.2) is 11.5 Å². The van der Waals surface area contributed by atoms with E-state index in [0.29, 0.717) is 33.8 Å². The lowest BCUT2D eigenvalue weighted by Gasteiger charge is -2.26. The summed E-state index contributed by atoms with van der Waals surface area (Å²) in [5.74, 6) is -0.546. The first-order chi connectivity index (χ1) is 16.9. The summed E-state index contributed by atoms with van der Waals surface area (Å²) in [4.78, 5) is 39.2. The van der Waals surface area contributed by atoms with Crippen molar-refractivity contribution in [2.75, 3.05) is 12.0 Å². The van der Waals surface area contributed by atoms with Crippen molar-refractivity contribution in [3.8, 4) is 11.5 Å². The van der Waals surface area contributed by atoms with Crippen LogP contribution in [0.5, 0.6) is 11.5 Å². The number of methoxy groups -OCH3 is 1. The number of barbiturate groups is 1. The lowest BCUT2D eigenvalue weighted by molar-refractivity contribution is -0.122. The highest BCUT2D eigenvalue weighted by Gasteiger charge is 2.37. The van der Waals surface area contributed by atoms with Crippen molar-refractivity contribution in [1.29, 1.82) is 0 Å². The van der Waals surface area contributed by atoms with E-state index in [9.17, 15) is 14.4 Å². The van der Waals surface area contributed by atoms with E-state index in [2.05, 4.69) is 21.2 Å². The lowest BCUT2D eigenvalue weighted by Crippen LogP contribution is -2.54. The number of hydrogen-bond acceptors (Lipinski definition) is 5. The molecule has 1 fully saturated rings. The molecule has 4 rings (SSSR count). The maximum absolute atomic E-state index is 13.2. The van der Waals surface area contributed by atoms with Gasteiger partial charge >= 0.3 is 6.03 Å². The molecule has 0 radical (unpaired) electrons. The quantitative estimate of drug-likeness (QED) is 0.330. The molecular formula is C27H23BrN2O5. The van der Waals surface area contributed by atoms with Gasteiger partial charge in [-0.15, -0.1) is 0 Å². The van der Waals surface area contributed by atoms with Crippen LogP contribution in [-0.4, -0.2) is 25.0 Å². The molecular weight excluding hydrogens is 512 g/mol. The second-order valence-corrected chi connectivity index (χ2v) is 8.63. The zero-order chi connectivity index (χ0) is 24.9. The van der Waals surface area contributed by atoms with Crippen LogP contribution in [-0.2, 0) is 22.6 Å². The number of hydrogen-bond donors (Lipinski definition) is 1. The van der Waals surface area contributed by atoms with Gasteiger partial charge in [-0.1, -0.05) is 65.3 Å². The Labute approximate surface area is 211 Å². The zero-order valence-electron chi connectivity index (χ0n) is 19.2. The third-order valence-electron chi connectivity index (χ3n) is 5.52. The SMILES string of the molecule is CCc1ccc(N2C(=O)NC(=O)/C(=C/c3cc(OC)c(OCc4ccccc4)cc3Br)C2=O)cc1. The second-order valence-electron chi connectivity index (χ2n) is 7.78. The van der Waals surface area contributed by atoms with Crippen LogP contribution in [0.4, 0.5) is 10.5 Å². The van der Waals surface area contributed by atoms with Gasteiger partial charge in [-0.05, 0) is 53.5 Å². The molecule has 0 bridgehead atoms. The number of anilines is 1. The van der Waals surface area contributed by atoms with Crippen molar-refractivity contribution in [3.63, 3.8) is 0 Å². The Morgan fingerprint density at radius 2 is 1.66 bits per heavy atom. The molecule has 1 saturated heterocycles. The monoisotopic (exact) mass is 534 g/mol. The Morgan fingerprint density at radius 3 is 2.31 bits per heavy atom. The topological polar surface area (TPSA) is 84.9 Å². The van der Waals surface area contributed by atoms with E-state index in [1.165, 1.54) is 13.2 Å². The summed E-state index contributed by atoms with van der Waals surface area (Å²) in [5, 5.41) is 2.24. The molecule has 35 heavy (non-hydrogen) atoms. The lowest BCUT2D eigenvalue weighted by atomic mass is 10.1. The van der Waals surface area contributed by atoms with Crippen molar-refractivity contribution in [1.82, 2.24) is 5.32 Å². The minimum atomic E-state index is -0.789. The number of carbonyl (C=O) groups excluding carboxylic acids is 3. The predicted octanol–water partition coefficient (Wildman–Crippen LogP) is 5.27. The molecule has 0 atom stereocenters. The predicted molar refractivity (Wildman–Crippen MR) is 136 cm³/mol. The Balaban J connectivity index is 1.64. The summed E-state index contributed by atoms with van der Waals surface area (Å²) in [6.07, 6.45) is 2.25. The van der Waals surface area contributed by atoms with Crippen molar-refractivity contribution >= 4 is 45.5 Å². The van der Waals surface area contributed by atoms with Gasteiger partial charge in [-0.25, -0.2) is 9.69 Å². The van der Waals surface area contributed by atoms with Gasteiger partial charge in [0.25, 0.3) is 11.8 Å². The molecule has 0 unspecified atom stereocenters. The van der Waals surface area contributed by atoms with Gasteiger partial charge in [-0.3, -0.25) is 14.9 Å². The fourth-order valence-electron chi connectivity index (χ4n) is 3.60. The smallest absolute Gasteiger partial charge is 0.335 e. The first-order valence-corrected chi connectivity index (χ1v) is 11.7. The van der Waals surface area contributed by atoms with Gasteiger partial charge in [0.05, 0.1) is 12.8 Å². The van der Waals surface area contributed by atoms with Crippen molar-refractivity contribution in [2.24, 2.45) is 0 Å². The molecule has 1 heterocycles. The largest absolute Gasteiger partial charge is 0.493 e. The first-order valence-electron chi connectivity index (χ1n) is 11.0. The van der Waals surface area contributed by atoms with E-state index < -0.39 is 17.8 Å². The number of amides is 4. The van der Waals surface area contributed by atoms with E-state index in [1.54, 1.807) is 24.3 Å². The van der Waals surface area contributed by atoms with Gasteiger partial charge in [0.2, 0.25) is 0 Å². The van der Waals surface area contributed by atoms with Gasteiger partial charge in [-0.2, -0.15) is 0 Å². The number of nitrogens with zero attached hydrogens (tertiary/aromatic N) is 1. The fourth-order valence-corrected chi connectivity index (χ4v) is 4.03. The molecule has 1 aliphatic heterocycles. The molecule has 0 aliphatic carbocycles. The highest BCUT2D eigenvalue weighted by molar-refractivity contribution is 9.10. The molecule has 0 aromatic heterocycles. The van der Waals surface area contributed by atoms with E-state index in [0.717, 1.165) is 22.4 Å². The maximum Gasteiger partial charge on any atom is 0.335 e. The van der Waals surface area contributed by atoms with Crippen molar-refractivity contribution in [3.05, 3.63) is 93.5 Å². The van der Waals surface area contributed by atoms with Crippen LogP contribution >= 0.6 is 15.9 Å². The zero-order valence-corrected chi connectivity index (χ0v) is 20.8. The van der Waals surface area contributed by atoms with Crippen LogP contribution in [0.2, 0.25) is 0 Å². The minimum absolute atomic E-state index is 0.176. The fraction of sp³-hybridized carbons (Fsp3) is 0.148. The molecule has 0 saturated carbocycles. The Kier molecular flexibility index (Phi) is 7.31. The number of imide groups is 2. The van der Waals surface area contributed by atoms with E-state index >= 15 is 0 Å². The van der Waals surface area contributed by atoms with Gasteiger partial charge in [0, 0.05) is 4.47 Å². The number of benzene rings is 3. The van der Waals surface area contributed by atoms with E-state index in [-0.39, 0.29) is 5.57 Å². The van der Waals surface area contributed by atoms with E-state index in [1.807, 2.05) is 49.4 Å². The summed E-state index contributed by atoms with van der Waals surface area (Å²) in [5.41, 5.74) is 2.78. The molecule has 8 heteroatoms. The Bertz CT molecular complexity index is 1300. The number of ether oxygens (including phenoxy) is 2.